The van der Waals surface area contributed by atoms with Crippen LogP contribution >= 0.6 is 11.6 Å². The third-order valence-corrected chi connectivity index (χ3v) is 4.73. The highest BCUT2D eigenvalue weighted by atomic mass is 35.5. The maximum atomic E-state index is 6.07. The van der Waals surface area contributed by atoms with E-state index in [1.165, 1.54) is 0 Å². The van der Waals surface area contributed by atoms with Gasteiger partial charge in [0.05, 0.1) is 32.9 Å². The first kappa shape index (κ1) is 21.8. The van der Waals surface area contributed by atoms with Crippen molar-refractivity contribution in [3.05, 3.63) is 40.7 Å². The van der Waals surface area contributed by atoms with Crippen LogP contribution in [0.25, 0.3) is 0 Å². The number of benzene rings is 1. The van der Waals surface area contributed by atoms with Crippen molar-refractivity contribution >= 4 is 17.6 Å². The summed E-state index contributed by atoms with van der Waals surface area (Å²) in [7, 11) is 10.6. The van der Waals surface area contributed by atoms with E-state index in [1.54, 1.807) is 28.4 Å². The molecule has 0 amide bonds. The molecule has 0 saturated carbocycles. The Hall–Kier alpha value is -2.54. The molecule has 0 bridgehead atoms. The summed E-state index contributed by atoms with van der Waals surface area (Å²) in [4.78, 5) is 6.42. The highest BCUT2D eigenvalue weighted by molar-refractivity contribution is 6.30. The van der Waals surface area contributed by atoms with Gasteiger partial charge in [0.15, 0.2) is 5.96 Å². The van der Waals surface area contributed by atoms with Gasteiger partial charge in [0.2, 0.25) is 0 Å². The average Bonchev–Trinajstić information content (AvgIpc) is 3.01. The predicted octanol–water partition coefficient (Wildman–Crippen LogP) is 2.95. The molecule has 0 saturated heterocycles. The minimum Gasteiger partial charge on any atom is -0.496 e. The van der Waals surface area contributed by atoms with Crippen LogP contribution in [0, 0.1) is 0 Å². The van der Waals surface area contributed by atoms with E-state index in [0.29, 0.717) is 25.3 Å². The van der Waals surface area contributed by atoms with E-state index in [4.69, 9.17) is 25.8 Å². The Kier molecular flexibility index (Phi) is 7.87. The highest BCUT2D eigenvalue weighted by Crippen LogP contribution is 2.34. The van der Waals surface area contributed by atoms with Gasteiger partial charge in [0.1, 0.15) is 17.2 Å². The number of aliphatic imine (C=N–C) groups is 1. The second kappa shape index (κ2) is 10.1. The SMILES string of the molecule is CN=C(NCCc1c(OC)cc(OC)cc1OC)N(C)Cc1cc(Cl)cn1C. The lowest BCUT2D eigenvalue weighted by Crippen LogP contribution is -2.39. The lowest BCUT2D eigenvalue weighted by Gasteiger charge is -2.23. The Balaban J connectivity index is 2.03. The summed E-state index contributed by atoms with van der Waals surface area (Å²) in [5.74, 6) is 2.96. The molecule has 154 valence electrons. The number of ether oxygens (including phenoxy) is 3. The maximum Gasteiger partial charge on any atom is 0.193 e. The first-order chi connectivity index (χ1) is 13.4. The standard InChI is InChI=1S/C20H29ClN4O3/c1-22-20(25(3)13-15-9-14(21)12-24(15)2)23-8-7-17-18(27-5)10-16(26-4)11-19(17)28-6/h9-12H,7-8,13H2,1-6H3,(H,22,23). The molecule has 0 unspecified atom stereocenters. The van der Waals surface area contributed by atoms with Gasteiger partial charge in [-0.15, -0.1) is 0 Å². The Morgan fingerprint density at radius 2 is 1.79 bits per heavy atom. The quantitative estimate of drug-likeness (QED) is 0.537. The number of halogens is 1. The van der Waals surface area contributed by atoms with Crippen LogP contribution in [-0.2, 0) is 20.0 Å². The van der Waals surface area contributed by atoms with E-state index in [2.05, 4.69) is 10.3 Å². The Labute approximate surface area is 171 Å². The largest absolute Gasteiger partial charge is 0.496 e. The van der Waals surface area contributed by atoms with E-state index in [-0.39, 0.29) is 0 Å². The van der Waals surface area contributed by atoms with Gasteiger partial charge in [-0.3, -0.25) is 4.99 Å². The minimum atomic E-state index is 0.671. The third kappa shape index (κ3) is 5.25. The summed E-state index contributed by atoms with van der Waals surface area (Å²) in [5, 5.41) is 4.12. The summed E-state index contributed by atoms with van der Waals surface area (Å²) >= 11 is 6.07. The molecule has 1 aromatic heterocycles. The van der Waals surface area contributed by atoms with Crippen LogP contribution in [-0.4, -0.2) is 57.4 Å². The second-order valence-corrected chi connectivity index (χ2v) is 6.79. The first-order valence-corrected chi connectivity index (χ1v) is 9.32. The number of methoxy groups -OCH3 is 3. The number of aryl methyl sites for hydroxylation is 1. The van der Waals surface area contributed by atoms with Crippen LogP contribution in [0.2, 0.25) is 5.02 Å². The number of hydrogen-bond donors (Lipinski definition) is 1. The van der Waals surface area contributed by atoms with Crippen molar-refractivity contribution in [1.29, 1.82) is 0 Å². The minimum absolute atomic E-state index is 0.671. The van der Waals surface area contributed by atoms with Crippen molar-refractivity contribution in [1.82, 2.24) is 14.8 Å². The second-order valence-electron chi connectivity index (χ2n) is 6.35. The molecule has 7 nitrogen and oxygen atoms in total. The molecule has 2 aromatic rings. The molecule has 28 heavy (non-hydrogen) atoms. The monoisotopic (exact) mass is 408 g/mol. The topological polar surface area (TPSA) is 60.3 Å². The molecule has 0 atom stereocenters. The smallest absolute Gasteiger partial charge is 0.193 e. The lowest BCUT2D eigenvalue weighted by atomic mass is 10.1. The molecular formula is C20H29ClN4O3. The fraction of sp³-hybridized carbons (Fsp3) is 0.450. The lowest BCUT2D eigenvalue weighted by molar-refractivity contribution is 0.368. The molecule has 0 radical (unpaired) electrons. The van der Waals surface area contributed by atoms with E-state index < -0.39 is 0 Å². The molecule has 0 spiro atoms. The Morgan fingerprint density at radius 1 is 1.14 bits per heavy atom. The fourth-order valence-corrected chi connectivity index (χ4v) is 3.32. The van der Waals surface area contributed by atoms with Crippen molar-refractivity contribution in [2.45, 2.75) is 13.0 Å². The van der Waals surface area contributed by atoms with Gasteiger partial charge in [-0.2, -0.15) is 0 Å². The zero-order valence-corrected chi connectivity index (χ0v) is 18.1. The maximum absolute atomic E-state index is 6.07. The van der Waals surface area contributed by atoms with Gasteiger partial charge in [0.25, 0.3) is 0 Å². The number of aromatic nitrogens is 1. The third-order valence-electron chi connectivity index (χ3n) is 4.52. The predicted molar refractivity (Wildman–Crippen MR) is 113 cm³/mol. The zero-order valence-electron chi connectivity index (χ0n) is 17.4. The summed E-state index contributed by atoms with van der Waals surface area (Å²) in [5.41, 5.74) is 2.08. The van der Waals surface area contributed by atoms with Crippen molar-refractivity contribution in [2.24, 2.45) is 12.0 Å². The number of nitrogens with zero attached hydrogens (tertiary/aromatic N) is 3. The molecule has 0 aliphatic heterocycles. The molecule has 2 rings (SSSR count). The molecule has 1 aromatic carbocycles. The van der Waals surface area contributed by atoms with Crippen LogP contribution in [0.3, 0.4) is 0 Å². The molecule has 1 N–H and O–H groups in total. The normalized spacial score (nSPS) is 11.3. The first-order valence-electron chi connectivity index (χ1n) is 8.94. The summed E-state index contributed by atoms with van der Waals surface area (Å²) < 4.78 is 18.3. The van der Waals surface area contributed by atoms with Crippen LogP contribution < -0.4 is 19.5 Å². The Morgan fingerprint density at radius 3 is 2.25 bits per heavy atom. The van der Waals surface area contributed by atoms with Crippen LogP contribution in [0.1, 0.15) is 11.3 Å². The van der Waals surface area contributed by atoms with Gasteiger partial charge >= 0.3 is 0 Å². The summed E-state index contributed by atoms with van der Waals surface area (Å²) in [6.07, 6.45) is 2.60. The zero-order chi connectivity index (χ0) is 20.7. The molecule has 8 heteroatoms. The molecule has 0 aliphatic rings. The average molecular weight is 409 g/mol. The van der Waals surface area contributed by atoms with E-state index >= 15 is 0 Å². The van der Waals surface area contributed by atoms with Gasteiger partial charge in [0, 0.05) is 57.3 Å². The van der Waals surface area contributed by atoms with Crippen LogP contribution in [0.4, 0.5) is 0 Å². The van der Waals surface area contributed by atoms with Crippen molar-refractivity contribution in [2.75, 3.05) is 42.0 Å². The van der Waals surface area contributed by atoms with E-state index in [0.717, 1.165) is 33.7 Å². The molecule has 0 fully saturated rings. The van der Waals surface area contributed by atoms with Crippen molar-refractivity contribution in [3.8, 4) is 17.2 Å². The van der Waals surface area contributed by atoms with E-state index in [1.807, 2.05) is 48.0 Å². The molecule has 1 heterocycles. The van der Waals surface area contributed by atoms with Gasteiger partial charge < -0.3 is 29.0 Å². The van der Waals surface area contributed by atoms with Crippen LogP contribution in [0.15, 0.2) is 29.4 Å². The van der Waals surface area contributed by atoms with Gasteiger partial charge in [-0.05, 0) is 12.5 Å². The Bertz CT molecular complexity index is 795. The number of guanidine groups is 1. The van der Waals surface area contributed by atoms with Crippen LogP contribution in [0.5, 0.6) is 17.2 Å². The van der Waals surface area contributed by atoms with Gasteiger partial charge in [-0.25, -0.2) is 0 Å². The van der Waals surface area contributed by atoms with Crippen molar-refractivity contribution in [3.63, 3.8) is 0 Å². The summed E-state index contributed by atoms with van der Waals surface area (Å²) in [6, 6.07) is 5.67. The molecular weight excluding hydrogens is 380 g/mol. The highest BCUT2D eigenvalue weighted by Gasteiger charge is 2.14. The van der Waals surface area contributed by atoms with E-state index in [9.17, 15) is 0 Å². The summed E-state index contributed by atoms with van der Waals surface area (Å²) in [6.45, 7) is 1.36. The molecule has 0 aliphatic carbocycles. The van der Waals surface area contributed by atoms with Gasteiger partial charge in [-0.1, -0.05) is 11.6 Å². The number of rotatable bonds is 8. The van der Waals surface area contributed by atoms with Crippen molar-refractivity contribution < 1.29 is 14.2 Å². The fourth-order valence-electron chi connectivity index (χ4n) is 3.05. The number of hydrogen-bond acceptors (Lipinski definition) is 4. The number of nitrogens with one attached hydrogen (secondary N) is 1.